The summed E-state index contributed by atoms with van der Waals surface area (Å²) in [7, 11) is 1.69. The first-order valence-corrected chi connectivity index (χ1v) is 9.06. The van der Waals surface area contributed by atoms with E-state index < -0.39 is 0 Å². The average molecular weight is 421 g/mol. The van der Waals surface area contributed by atoms with Crippen LogP contribution in [0.1, 0.15) is 25.3 Å². The Bertz CT molecular complexity index is 482. The summed E-state index contributed by atoms with van der Waals surface area (Å²) in [6.45, 7) is 5.28. The number of likely N-dealkylation sites (tertiary alicyclic amines) is 1. The van der Waals surface area contributed by atoms with E-state index in [0.717, 1.165) is 59.2 Å². The van der Waals surface area contributed by atoms with E-state index in [1.165, 1.54) is 0 Å². The minimum Gasteiger partial charge on any atom is -0.495 e. The molecule has 118 valence electrons. The number of methoxy groups -OCH3 is 1. The van der Waals surface area contributed by atoms with Crippen molar-refractivity contribution in [1.82, 2.24) is 4.90 Å². The predicted octanol–water partition coefficient (Wildman–Crippen LogP) is 3.86. The number of halogens is 2. The summed E-state index contributed by atoms with van der Waals surface area (Å²) < 4.78 is 7.50. The van der Waals surface area contributed by atoms with Crippen molar-refractivity contribution in [2.24, 2.45) is 5.92 Å². The minimum atomic E-state index is -0.222. The standard InChI is InChI=1S/C16H23Br2NO2/c1-3-5-19-6-4-15(20)12(10-19)7-11-8-13(17)9-14(18)16(11)21-2/h8-9,12,15,20H,3-7,10H2,1-2H3. The second kappa shape index (κ2) is 7.95. The molecule has 1 aliphatic heterocycles. The number of ether oxygens (including phenoxy) is 1. The lowest BCUT2D eigenvalue weighted by Crippen LogP contribution is -2.44. The minimum absolute atomic E-state index is 0.222. The lowest BCUT2D eigenvalue weighted by atomic mass is 9.88. The zero-order valence-electron chi connectivity index (χ0n) is 12.6. The van der Waals surface area contributed by atoms with Crippen LogP contribution in [0.4, 0.5) is 0 Å². The van der Waals surface area contributed by atoms with E-state index in [4.69, 9.17) is 4.74 Å². The molecule has 2 unspecified atom stereocenters. The Labute approximate surface area is 143 Å². The van der Waals surface area contributed by atoms with Crippen LogP contribution < -0.4 is 4.74 Å². The highest BCUT2D eigenvalue weighted by atomic mass is 79.9. The molecule has 0 aliphatic carbocycles. The van der Waals surface area contributed by atoms with Crippen molar-refractivity contribution in [3.05, 3.63) is 26.6 Å². The molecule has 2 atom stereocenters. The Morgan fingerprint density at radius 1 is 1.38 bits per heavy atom. The van der Waals surface area contributed by atoms with Gasteiger partial charge in [-0.3, -0.25) is 0 Å². The van der Waals surface area contributed by atoms with Crippen molar-refractivity contribution in [2.45, 2.75) is 32.3 Å². The lowest BCUT2D eigenvalue weighted by molar-refractivity contribution is 0.0268. The monoisotopic (exact) mass is 419 g/mol. The molecule has 1 N–H and O–H groups in total. The molecule has 3 nitrogen and oxygen atoms in total. The fraction of sp³-hybridized carbons (Fsp3) is 0.625. The van der Waals surface area contributed by atoms with Gasteiger partial charge in [-0.1, -0.05) is 22.9 Å². The molecule has 1 aromatic carbocycles. The van der Waals surface area contributed by atoms with Crippen molar-refractivity contribution >= 4 is 31.9 Å². The van der Waals surface area contributed by atoms with Gasteiger partial charge in [0.15, 0.2) is 0 Å². The van der Waals surface area contributed by atoms with Crippen LogP contribution in [0.3, 0.4) is 0 Å². The van der Waals surface area contributed by atoms with Gasteiger partial charge in [0.1, 0.15) is 5.75 Å². The zero-order valence-corrected chi connectivity index (χ0v) is 15.8. The van der Waals surface area contributed by atoms with Gasteiger partial charge in [0.25, 0.3) is 0 Å². The smallest absolute Gasteiger partial charge is 0.136 e. The third-order valence-electron chi connectivity index (χ3n) is 4.09. The number of benzene rings is 1. The second-order valence-corrected chi connectivity index (χ2v) is 7.47. The molecule has 1 heterocycles. The van der Waals surface area contributed by atoms with Crippen molar-refractivity contribution in [3.8, 4) is 5.75 Å². The Morgan fingerprint density at radius 2 is 2.14 bits per heavy atom. The van der Waals surface area contributed by atoms with Crippen LogP contribution in [0, 0.1) is 5.92 Å². The zero-order chi connectivity index (χ0) is 15.4. The Morgan fingerprint density at radius 3 is 2.81 bits per heavy atom. The molecule has 21 heavy (non-hydrogen) atoms. The van der Waals surface area contributed by atoms with Crippen LogP contribution in [0.2, 0.25) is 0 Å². The summed E-state index contributed by atoms with van der Waals surface area (Å²) in [6, 6.07) is 4.08. The van der Waals surface area contributed by atoms with Crippen molar-refractivity contribution in [3.63, 3.8) is 0 Å². The van der Waals surface area contributed by atoms with Crippen molar-refractivity contribution < 1.29 is 9.84 Å². The molecule has 1 aromatic rings. The predicted molar refractivity (Wildman–Crippen MR) is 92.9 cm³/mol. The number of rotatable bonds is 5. The van der Waals surface area contributed by atoms with Gasteiger partial charge in [0, 0.05) is 23.5 Å². The van der Waals surface area contributed by atoms with Crippen LogP contribution in [0.25, 0.3) is 0 Å². The van der Waals surface area contributed by atoms with Crippen molar-refractivity contribution in [2.75, 3.05) is 26.7 Å². The van der Waals surface area contributed by atoms with Crippen LogP contribution in [0.5, 0.6) is 5.75 Å². The van der Waals surface area contributed by atoms with Gasteiger partial charge in [-0.05, 0) is 59.4 Å². The SMILES string of the molecule is CCCN1CCC(O)C(Cc2cc(Br)cc(Br)c2OC)C1. The number of hydrogen-bond donors (Lipinski definition) is 1. The first-order valence-electron chi connectivity index (χ1n) is 7.47. The van der Waals surface area contributed by atoms with Gasteiger partial charge in [-0.2, -0.15) is 0 Å². The van der Waals surface area contributed by atoms with Gasteiger partial charge in [0.2, 0.25) is 0 Å². The third kappa shape index (κ3) is 4.44. The molecule has 1 fully saturated rings. The molecule has 0 aromatic heterocycles. The number of hydrogen-bond acceptors (Lipinski definition) is 3. The lowest BCUT2D eigenvalue weighted by Gasteiger charge is -2.36. The van der Waals surface area contributed by atoms with E-state index in [-0.39, 0.29) is 12.0 Å². The molecule has 1 saturated heterocycles. The van der Waals surface area contributed by atoms with Gasteiger partial charge in [-0.25, -0.2) is 0 Å². The molecule has 0 spiro atoms. The maximum atomic E-state index is 10.3. The van der Waals surface area contributed by atoms with E-state index in [2.05, 4.69) is 49.7 Å². The molecule has 2 rings (SSSR count). The number of nitrogens with zero attached hydrogens (tertiary/aromatic N) is 1. The number of piperidine rings is 1. The van der Waals surface area contributed by atoms with Gasteiger partial charge in [-0.15, -0.1) is 0 Å². The van der Waals surface area contributed by atoms with E-state index in [1.807, 2.05) is 6.07 Å². The number of aliphatic hydroxyl groups excluding tert-OH is 1. The van der Waals surface area contributed by atoms with Crippen LogP contribution in [-0.4, -0.2) is 42.9 Å². The largest absolute Gasteiger partial charge is 0.495 e. The molecule has 1 aliphatic rings. The molecule has 0 saturated carbocycles. The van der Waals surface area contributed by atoms with Gasteiger partial charge in [0.05, 0.1) is 17.7 Å². The van der Waals surface area contributed by atoms with Gasteiger partial charge >= 0.3 is 0 Å². The highest BCUT2D eigenvalue weighted by Crippen LogP contribution is 2.35. The number of aliphatic hydroxyl groups is 1. The van der Waals surface area contributed by atoms with E-state index in [9.17, 15) is 5.11 Å². The van der Waals surface area contributed by atoms with Crippen LogP contribution in [-0.2, 0) is 6.42 Å². The Kier molecular flexibility index (Phi) is 6.53. The first-order chi connectivity index (χ1) is 10.0. The molecule has 0 bridgehead atoms. The maximum Gasteiger partial charge on any atom is 0.136 e. The van der Waals surface area contributed by atoms with E-state index in [0.29, 0.717) is 0 Å². The van der Waals surface area contributed by atoms with Crippen molar-refractivity contribution in [1.29, 1.82) is 0 Å². The van der Waals surface area contributed by atoms with E-state index in [1.54, 1.807) is 7.11 Å². The quantitative estimate of drug-likeness (QED) is 0.784. The highest BCUT2D eigenvalue weighted by Gasteiger charge is 2.28. The summed E-state index contributed by atoms with van der Waals surface area (Å²) >= 11 is 7.08. The maximum absolute atomic E-state index is 10.3. The molecule has 0 radical (unpaired) electrons. The summed E-state index contributed by atoms with van der Waals surface area (Å²) in [4.78, 5) is 2.46. The Hall–Kier alpha value is -0.100. The van der Waals surface area contributed by atoms with E-state index >= 15 is 0 Å². The fourth-order valence-corrected chi connectivity index (χ4v) is 4.57. The van der Waals surface area contributed by atoms with Crippen LogP contribution >= 0.6 is 31.9 Å². The second-order valence-electron chi connectivity index (χ2n) is 5.70. The summed E-state index contributed by atoms with van der Waals surface area (Å²) in [5.41, 5.74) is 1.14. The molecular formula is C16H23Br2NO2. The fourth-order valence-electron chi connectivity index (χ4n) is 3.09. The van der Waals surface area contributed by atoms with Crippen LogP contribution in [0.15, 0.2) is 21.1 Å². The topological polar surface area (TPSA) is 32.7 Å². The molecule has 0 amide bonds. The summed E-state index contributed by atoms with van der Waals surface area (Å²) in [5, 5.41) is 10.3. The summed E-state index contributed by atoms with van der Waals surface area (Å²) in [6.07, 6.45) is 2.64. The van der Waals surface area contributed by atoms with Gasteiger partial charge < -0.3 is 14.7 Å². The Balaban J connectivity index is 2.16. The normalized spacial score (nSPS) is 23.3. The summed E-state index contributed by atoms with van der Waals surface area (Å²) in [5.74, 6) is 1.14. The third-order valence-corrected chi connectivity index (χ3v) is 5.14. The average Bonchev–Trinajstić information content (AvgIpc) is 2.42. The first kappa shape index (κ1) is 17.3. The molecular weight excluding hydrogens is 398 g/mol. The molecule has 5 heteroatoms. The highest BCUT2D eigenvalue weighted by molar-refractivity contribution is 9.11.